The number of likely N-dealkylation sites (tertiary alicyclic amines) is 1. The molecule has 3 heterocycles. The van der Waals surface area contributed by atoms with Gasteiger partial charge in [-0.1, -0.05) is 12.1 Å². The molecule has 0 bridgehead atoms. The third-order valence-electron chi connectivity index (χ3n) is 4.94. The third kappa shape index (κ3) is 4.03. The van der Waals surface area contributed by atoms with Crippen LogP contribution in [0.2, 0.25) is 0 Å². The van der Waals surface area contributed by atoms with Gasteiger partial charge in [0.25, 0.3) is 5.89 Å². The van der Waals surface area contributed by atoms with Gasteiger partial charge in [-0.25, -0.2) is 0 Å². The van der Waals surface area contributed by atoms with E-state index in [1.54, 1.807) is 0 Å². The fraction of sp³-hybridized carbons (Fsp3) is 0.875. The molecule has 6 heteroatoms. The number of hydrogen-bond acceptors (Lipinski definition) is 6. The van der Waals surface area contributed by atoms with Crippen LogP contribution in [0.15, 0.2) is 4.52 Å². The topological polar surface area (TPSA) is 62.4 Å². The molecule has 22 heavy (non-hydrogen) atoms. The highest BCUT2D eigenvalue weighted by Crippen LogP contribution is 2.34. The number of rotatable bonds is 5. The average molecular weight is 325 g/mol. The minimum absolute atomic E-state index is 0.426. The molecule has 1 aromatic rings. The molecular formula is C16H27N3O2S. The molecule has 1 aromatic heterocycles. The Labute approximate surface area is 136 Å². The molecule has 5 nitrogen and oxygen atoms in total. The summed E-state index contributed by atoms with van der Waals surface area (Å²) in [4.78, 5) is 6.98. The molecule has 0 spiro atoms. The zero-order chi connectivity index (χ0) is 15.4. The summed E-state index contributed by atoms with van der Waals surface area (Å²) in [6, 6.07) is 0. The van der Waals surface area contributed by atoms with Crippen molar-refractivity contribution < 1.29 is 9.63 Å². The van der Waals surface area contributed by atoms with Gasteiger partial charge >= 0.3 is 0 Å². The van der Waals surface area contributed by atoms with Crippen LogP contribution in [0.5, 0.6) is 0 Å². The van der Waals surface area contributed by atoms with Gasteiger partial charge in [-0.05, 0) is 69.2 Å². The van der Waals surface area contributed by atoms with Crippen LogP contribution >= 0.6 is 11.8 Å². The van der Waals surface area contributed by atoms with Gasteiger partial charge in [-0.3, -0.25) is 0 Å². The van der Waals surface area contributed by atoms with Gasteiger partial charge in [0.1, 0.15) is 5.60 Å². The fourth-order valence-electron chi connectivity index (χ4n) is 3.21. The van der Waals surface area contributed by atoms with E-state index < -0.39 is 5.60 Å². The van der Waals surface area contributed by atoms with E-state index in [9.17, 15) is 5.11 Å². The number of piperidine rings is 1. The van der Waals surface area contributed by atoms with Crippen LogP contribution in [-0.2, 0) is 12.0 Å². The molecule has 0 aliphatic carbocycles. The number of nitrogens with zero attached hydrogens (tertiary/aromatic N) is 3. The quantitative estimate of drug-likeness (QED) is 0.897. The minimum atomic E-state index is -0.889. The normalized spacial score (nSPS) is 23.7. The summed E-state index contributed by atoms with van der Waals surface area (Å²) >= 11 is 1.87. The van der Waals surface area contributed by atoms with Crippen molar-refractivity contribution in [3.05, 3.63) is 11.7 Å². The predicted octanol–water partition coefficient (Wildman–Crippen LogP) is 2.45. The standard InChI is InChI=1S/C16H27N3O2S/c1-13-4-9-19(10-5-13)8-2-3-14-17-15(21-18-14)16(20)6-11-22-12-7-16/h13,20H,2-12H2,1H3. The highest BCUT2D eigenvalue weighted by molar-refractivity contribution is 7.99. The largest absolute Gasteiger partial charge is 0.380 e. The van der Waals surface area contributed by atoms with E-state index in [0.717, 1.165) is 42.6 Å². The highest BCUT2D eigenvalue weighted by atomic mass is 32.2. The van der Waals surface area contributed by atoms with Crippen LogP contribution in [0.3, 0.4) is 0 Å². The van der Waals surface area contributed by atoms with Crippen molar-refractivity contribution in [3.8, 4) is 0 Å². The van der Waals surface area contributed by atoms with Gasteiger partial charge in [-0.2, -0.15) is 16.7 Å². The molecule has 2 aliphatic heterocycles. The van der Waals surface area contributed by atoms with Gasteiger partial charge in [-0.15, -0.1) is 0 Å². The zero-order valence-corrected chi connectivity index (χ0v) is 14.3. The number of thioether (sulfide) groups is 1. The molecule has 0 radical (unpaired) electrons. The van der Waals surface area contributed by atoms with Gasteiger partial charge in [0.05, 0.1) is 0 Å². The lowest BCUT2D eigenvalue weighted by atomic mass is 9.97. The van der Waals surface area contributed by atoms with Crippen molar-refractivity contribution in [2.75, 3.05) is 31.1 Å². The molecule has 0 unspecified atom stereocenters. The second kappa shape index (κ2) is 7.32. The molecule has 0 atom stereocenters. The maximum atomic E-state index is 10.6. The van der Waals surface area contributed by atoms with E-state index in [1.807, 2.05) is 11.8 Å². The first-order chi connectivity index (χ1) is 10.7. The number of aromatic nitrogens is 2. The number of hydrogen-bond donors (Lipinski definition) is 1. The van der Waals surface area contributed by atoms with E-state index in [1.165, 1.54) is 25.9 Å². The molecule has 2 aliphatic rings. The summed E-state index contributed by atoms with van der Waals surface area (Å²) in [5, 5.41) is 14.7. The second-order valence-electron chi connectivity index (χ2n) is 6.79. The van der Waals surface area contributed by atoms with Gasteiger partial charge in [0, 0.05) is 6.42 Å². The van der Waals surface area contributed by atoms with E-state index in [4.69, 9.17) is 4.52 Å². The first kappa shape index (κ1) is 16.3. The number of aryl methyl sites for hydroxylation is 1. The first-order valence-electron chi connectivity index (χ1n) is 8.51. The molecule has 0 amide bonds. The second-order valence-corrected chi connectivity index (χ2v) is 8.01. The van der Waals surface area contributed by atoms with E-state index in [0.29, 0.717) is 18.7 Å². The Morgan fingerprint density at radius 1 is 1.32 bits per heavy atom. The zero-order valence-electron chi connectivity index (χ0n) is 13.5. The van der Waals surface area contributed by atoms with Crippen LogP contribution in [0, 0.1) is 5.92 Å². The molecular weight excluding hydrogens is 298 g/mol. The monoisotopic (exact) mass is 325 g/mol. The lowest BCUT2D eigenvalue weighted by Crippen LogP contribution is -2.33. The van der Waals surface area contributed by atoms with Crippen LogP contribution in [0.25, 0.3) is 0 Å². The maximum Gasteiger partial charge on any atom is 0.258 e. The van der Waals surface area contributed by atoms with Crippen molar-refractivity contribution in [2.24, 2.45) is 5.92 Å². The van der Waals surface area contributed by atoms with Gasteiger partial charge < -0.3 is 14.5 Å². The molecule has 0 aromatic carbocycles. The molecule has 1 N–H and O–H groups in total. The molecule has 0 saturated carbocycles. The first-order valence-corrected chi connectivity index (χ1v) is 9.67. The van der Waals surface area contributed by atoms with E-state index in [-0.39, 0.29) is 0 Å². The smallest absolute Gasteiger partial charge is 0.258 e. The van der Waals surface area contributed by atoms with Crippen molar-refractivity contribution >= 4 is 11.8 Å². The predicted molar refractivity (Wildman–Crippen MR) is 87.9 cm³/mol. The van der Waals surface area contributed by atoms with E-state index >= 15 is 0 Å². The van der Waals surface area contributed by atoms with Crippen LogP contribution < -0.4 is 0 Å². The van der Waals surface area contributed by atoms with Crippen LogP contribution in [-0.4, -0.2) is 51.3 Å². The summed E-state index contributed by atoms with van der Waals surface area (Å²) in [7, 11) is 0. The van der Waals surface area contributed by atoms with Gasteiger partial charge in [0.2, 0.25) is 0 Å². The summed E-state index contributed by atoms with van der Waals surface area (Å²) < 4.78 is 5.33. The average Bonchev–Trinajstić information content (AvgIpc) is 3.00. The van der Waals surface area contributed by atoms with Gasteiger partial charge in [0.15, 0.2) is 5.82 Å². The Bertz CT molecular complexity index is 466. The molecule has 2 fully saturated rings. The summed E-state index contributed by atoms with van der Waals surface area (Å²) in [5.74, 6) is 3.97. The Morgan fingerprint density at radius 2 is 2.05 bits per heavy atom. The minimum Gasteiger partial charge on any atom is -0.380 e. The Kier molecular flexibility index (Phi) is 5.42. The van der Waals surface area contributed by atoms with Crippen molar-refractivity contribution in [2.45, 2.75) is 51.0 Å². The summed E-state index contributed by atoms with van der Waals surface area (Å²) in [6.45, 7) is 5.89. The Balaban J connectivity index is 1.45. The maximum absolute atomic E-state index is 10.6. The molecule has 3 rings (SSSR count). The SMILES string of the molecule is CC1CCN(CCCc2noc(C3(O)CCSCC3)n2)CC1. The van der Waals surface area contributed by atoms with Crippen LogP contribution in [0.1, 0.15) is 50.7 Å². The van der Waals surface area contributed by atoms with Crippen LogP contribution in [0.4, 0.5) is 0 Å². The lowest BCUT2D eigenvalue weighted by molar-refractivity contribution is -0.00351. The Morgan fingerprint density at radius 3 is 2.77 bits per heavy atom. The molecule has 2 saturated heterocycles. The lowest BCUT2D eigenvalue weighted by Gasteiger charge is -2.29. The number of aliphatic hydroxyl groups is 1. The summed E-state index contributed by atoms with van der Waals surface area (Å²) in [6.07, 6.45) is 5.95. The van der Waals surface area contributed by atoms with Crippen molar-refractivity contribution in [1.82, 2.24) is 15.0 Å². The fourth-order valence-corrected chi connectivity index (χ4v) is 4.38. The molecule has 124 valence electrons. The van der Waals surface area contributed by atoms with Crippen molar-refractivity contribution in [1.29, 1.82) is 0 Å². The van der Waals surface area contributed by atoms with E-state index in [2.05, 4.69) is 22.0 Å². The third-order valence-corrected chi connectivity index (χ3v) is 5.92. The summed E-state index contributed by atoms with van der Waals surface area (Å²) in [5.41, 5.74) is -0.889. The van der Waals surface area contributed by atoms with Crippen molar-refractivity contribution in [3.63, 3.8) is 0 Å². The Hall–Kier alpha value is -0.590. The highest BCUT2D eigenvalue weighted by Gasteiger charge is 2.37.